The van der Waals surface area contributed by atoms with Crippen molar-refractivity contribution in [2.75, 3.05) is 21.2 Å². The van der Waals surface area contributed by atoms with Crippen molar-refractivity contribution in [3.05, 3.63) is 41.8 Å². The largest absolute Gasteiger partial charge is 0.465 e. The Hall–Kier alpha value is -1.84. The van der Waals surface area contributed by atoms with Crippen molar-refractivity contribution in [3.8, 4) is 0 Å². The van der Waals surface area contributed by atoms with E-state index in [2.05, 4.69) is 4.74 Å². The van der Waals surface area contributed by atoms with Crippen LogP contribution in [0.5, 0.6) is 0 Å². The van der Waals surface area contributed by atoms with Crippen LogP contribution >= 0.6 is 0 Å². The third-order valence-electron chi connectivity index (χ3n) is 1.93. The number of halogens is 1. The lowest BCUT2D eigenvalue weighted by Gasteiger charge is -2.10. The van der Waals surface area contributed by atoms with Gasteiger partial charge in [-0.2, -0.15) is 0 Å². The quantitative estimate of drug-likeness (QED) is 0.579. The first-order valence-corrected chi connectivity index (χ1v) is 4.77. The van der Waals surface area contributed by atoms with Gasteiger partial charge in [-0.3, -0.25) is 0 Å². The van der Waals surface area contributed by atoms with Crippen molar-refractivity contribution in [3.63, 3.8) is 0 Å². The molecule has 0 spiro atoms. The summed E-state index contributed by atoms with van der Waals surface area (Å²) in [6.07, 6.45) is 1.60. The van der Waals surface area contributed by atoms with E-state index in [1.54, 1.807) is 37.3 Å². The fourth-order valence-corrected chi connectivity index (χ4v) is 1.27. The minimum Gasteiger partial charge on any atom is -0.465 e. The molecule has 0 saturated carbocycles. The van der Waals surface area contributed by atoms with Gasteiger partial charge in [0.05, 0.1) is 12.7 Å². The van der Waals surface area contributed by atoms with E-state index >= 15 is 0 Å². The van der Waals surface area contributed by atoms with Crippen LogP contribution in [0.2, 0.25) is 0 Å². The molecule has 0 unspecified atom stereocenters. The second-order valence-electron chi connectivity index (χ2n) is 3.51. The Kier molecular flexibility index (Phi) is 4.05. The summed E-state index contributed by atoms with van der Waals surface area (Å²) in [5.41, 5.74) is 0.826. The second kappa shape index (κ2) is 5.30. The van der Waals surface area contributed by atoms with E-state index in [-0.39, 0.29) is 5.82 Å². The van der Waals surface area contributed by atoms with Crippen LogP contribution in [0.3, 0.4) is 0 Å². The molecule has 0 bridgehead atoms. The maximum atomic E-state index is 13.0. The summed E-state index contributed by atoms with van der Waals surface area (Å²) in [7, 11) is 4.86. The van der Waals surface area contributed by atoms with Gasteiger partial charge in [0.2, 0.25) is 0 Å². The van der Waals surface area contributed by atoms with E-state index in [4.69, 9.17) is 0 Å². The van der Waals surface area contributed by atoms with Gasteiger partial charge in [-0.05, 0) is 17.7 Å². The van der Waals surface area contributed by atoms with Gasteiger partial charge in [0.1, 0.15) is 5.82 Å². The lowest BCUT2D eigenvalue weighted by atomic mass is 10.1. The topological polar surface area (TPSA) is 29.5 Å². The lowest BCUT2D eigenvalue weighted by molar-refractivity contribution is -0.133. The normalized spacial score (nSPS) is 11.1. The van der Waals surface area contributed by atoms with Gasteiger partial charge in [-0.1, -0.05) is 12.1 Å². The van der Waals surface area contributed by atoms with Crippen molar-refractivity contribution < 1.29 is 13.9 Å². The molecule has 0 aliphatic heterocycles. The fourth-order valence-electron chi connectivity index (χ4n) is 1.27. The van der Waals surface area contributed by atoms with E-state index in [1.165, 1.54) is 19.2 Å². The molecule has 0 aliphatic carbocycles. The highest BCUT2D eigenvalue weighted by Crippen LogP contribution is 2.17. The molecule has 0 radical (unpaired) electrons. The molecule has 0 N–H and O–H groups in total. The predicted octanol–water partition coefficient (Wildman–Crippen LogP) is 1.90. The summed E-state index contributed by atoms with van der Waals surface area (Å²) in [5, 5.41) is 0. The van der Waals surface area contributed by atoms with Crippen LogP contribution in [0.4, 0.5) is 4.39 Å². The second-order valence-corrected chi connectivity index (χ2v) is 3.51. The van der Waals surface area contributed by atoms with Crippen LogP contribution in [0.1, 0.15) is 5.56 Å². The minimum atomic E-state index is -0.487. The summed E-state index contributed by atoms with van der Waals surface area (Å²) in [5.74, 6) is -0.870. The summed E-state index contributed by atoms with van der Waals surface area (Å²) in [4.78, 5) is 13.2. The zero-order valence-electron chi connectivity index (χ0n) is 9.53. The summed E-state index contributed by atoms with van der Waals surface area (Å²) < 4.78 is 17.7. The van der Waals surface area contributed by atoms with Gasteiger partial charge in [0.25, 0.3) is 0 Å². The maximum absolute atomic E-state index is 13.0. The molecule has 0 aromatic heterocycles. The number of hydrogen-bond acceptors (Lipinski definition) is 3. The van der Waals surface area contributed by atoms with Crippen LogP contribution in [0.25, 0.3) is 5.57 Å². The number of benzene rings is 1. The summed E-state index contributed by atoms with van der Waals surface area (Å²) >= 11 is 0. The highest BCUT2D eigenvalue weighted by molar-refractivity contribution is 6.16. The van der Waals surface area contributed by atoms with Crippen LogP contribution < -0.4 is 0 Å². The van der Waals surface area contributed by atoms with Gasteiger partial charge in [0.15, 0.2) is 0 Å². The molecule has 86 valence electrons. The number of ether oxygens (including phenoxy) is 1. The summed E-state index contributed by atoms with van der Waals surface area (Å²) in [6, 6.07) is 5.84. The average Bonchev–Trinajstić information content (AvgIpc) is 2.24. The van der Waals surface area contributed by atoms with Crippen molar-refractivity contribution in [1.29, 1.82) is 0 Å². The lowest BCUT2D eigenvalue weighted by Crippen LogP contribution is -2.10. The van der Waals surface area contributed by atoms with Gasteiger partial charge in [-0.25, -0.2) is 9.18 Å². The maximum Gasteiger partial charge on any atom is 0.339 e. The average molecular weight is 223 g/mol. The number of nitrogens with zero attached hydrogens (tertiary/aromatic N) is 1. The molecule has 3 nitrogen and oxygen atoms in total. The molecule has 16 heavy (non-hydrogen) atoms. The number of rotatable bonds is 3. The SMILES string of the molecule is COC(=O)/C(=C/N(C)C)c1cccc(F)c1. The van der Waals surface area contributed by atoms with Crippen LogP contribution in [-0.2, 0) is 9.53 Å². The molecular weight excluding hydrogens is 209 g/mol. The number of carbonyl (C=O) groups excluding carboxylic acids is 1. The van der Waals surface area contributed by atoms with Crippen LogP contribution in [-0.4, -0.2) is 32.1 Å². The Morgan fingerprint density at radius 3 is 2.62 bits per heavy atom. The van der Waals surface area contributed by atoms with Crippen molar-refractivity contribution in [2.45, 2.75) is 0 Å². The Bertz CT molecular complexity index is 413. The first-order chi connectivity index (χ1) is 7.54. The molecule has 0 saturated heterocycles. The van der Waals surface area contributed by atoms with Crippen molar-refractivity contribution in [1.82, 2.24) is 4.90 Å². The summed E-state index contributed by atoms with van der Waals surface area (Å²) in [6.45, 7) is 0. The molecule has 0 heterocycles. The van der Waals surface area contributed by atoms with Gasteiger partial charge in [0, 0.05) is 20.3 Å². The molecule has 0 atom stereocenters. The van der Waals surface area contributed by atoms with Gasteiger partial charge >= 0.3 is 5.97 Å². The van der Waals surface area contributed by atoms with Crippen molar-refractivity contribution >= 4 is 11.5 Å². The van der Waals surface area contributed by atoms with E-state index < -0.39 is 5.97 Å². The number of hydrogen-bond donors (Lipinski definition) is 0. The molecule has 4 heteroatoms. The molecule has 0 fully saturated rings. The molecule has 0 amide bonds. The molecule has 1 rings (SSSR count). The third kappa shape index (κ3) is 3.08. The van der Waals surface area contributed by atoms with Gasteiger partial charge < -0.3 is 9.64 Å². The highest BCUT2D eigenvalue weighted by atomic mass is 19.1. The van der Waals surface area contributed by atoms with Crippen LogP contribution in [0, 0.1) is 5.82 Å². The molecule has 1 aromatic rings. The molecule has 1 aromatic carbocycles. The minimum absolute atomic E-state index is 0.326. The number of carbonyl (C=O) groups is 1. The Labute approximate surface area is 94.1 Å². The Morgan fingerprint density at radius 2 is 2.12 bits per heavy atom. The Morgan fingerprint density at radius 1 is 1.44 bits per heavy atom. The van der Waals surface area contributed by atoms with Gasteiger partial charge in [-0.15, -0.1) is 0 Å². The van der Waals surface area contributed by atoms with E-state index in [0.717, 1.165) is 0 Å². The predicted molar refractivity (Wildman–Crippen MR) is 60.1 cm³/mol. The number of esters is 1. The smallest absolute Gasteiger partial charge is 0.339 e. The van der Waals surface area contributed by atoms with E-state index in [9.17, 15) is 9.18 Å². The zero-order chi connectivity index (χ0) is 12.1. The first-order valence-electron chi connectivity index (χ1n) is 4.77. The number of methoxy groups -OCH3 is 1. The van der Waals surface area contributed by atoms with E-state index in [0.29, 0.717) is 11.1 Å². The first kappa shape index (κ1) is 12.2. The molecule has 0 aliphatic rings. The Balaban J connectivity index is 3.16. The van der Waals surface area contributed by atoms with Crippen molar-refractivity contribution in [2.24, 2.45) is 0 Å². The highest BCUT2D eigenvalue weighted by Gasteiger charge is 2.13. The molecular formula is C12H14FNO2. The zero-order valence-corrected chi connectivity index (χ0v) is 9.53. The standard InChI is InChI=1S/C12H14FNO2/c1-14(2)8-11(12(15)16-3)9-5-4-6-10(13)7-9/h4-8H,1-3H3/b11-8+. The van der Waals surface area contributed by atoms with E-state index in [1.807, 2.05) is 0 Å². The third-order valence-corrected chi connectivity index (χ3v) is 1.93. The fraction of sp³-hybridized carbons (Fsp3) is 0.250. The monoisotopic (exact) mass is 223 g/mol. The van der Waals surface area contributed by atoms with Crippen LogP contribution in [0.15, 0.2) is 30.5 Å².